The molecule has 0 bridgehead atoms. The van der Waals surface area contributed by atoms with Crippen LogP contribution in [-0.2, 0) is 16.0 Å². The highest BCUT2D eigenvalue weighted by molar-refractivity contribution is 7.17. The smallest absolute Gasteiger partial charge is 0.408 e. The van der Waals surface area contributed by atoms with Crippen molar-refractivity contribution in [1.29, 1.82) is 5.26 Å². The van der Waals surface area contributed by atoms with E-state index in [0.29, 0.717) is 22.7 Å². The number of nitrogens with zero attached hydrogens (tertiary/aromatic N) is 4. The molecule has 3 aromatic rings. The fourth-order valence-electron chi connectivity index (χ4n) is 5.08. The Kier molecular flexibility index (Phi) is 8.07. The van der Waals surface area contributed by atoms with Crippen LogP contribution in [0.25, 0.3) is 21.1 Å². The Morgan fingerprint density at radius 2 is 1.95 bits per heavy atom. The highest BCUT2D eigenvalue weighted by Gasteiger charge is 2.27. The first kappa shape index (κ1) is 26.6. The van der Waals surface area contributed by atoms with Gasteiger partial charge in [0.2, 0.25) is 5.91 Å². The van der Waals surface area contributed by atoms with Gasteiger partial charge in [-0.1, -0.05) is 29.5 Å². The molecule has 39 heavy (non-hydrogen) atoms. The summed E-state index contributed by atoms with van der Waals surface area (Å²) < 4.78 is 11.5. The third kappa shape index (κ3) is 6.04. The summed E-state index contributed by atoms with van der Waals surface area (Å²) in [6.45, 7) is 5.29. The summed E-state index contributed by atoms with van der Waals surface area (Å²) in [6, 6.07) is 13.6. The number of amides is 2. The Bertz CT molecular complexity index is 1410. The van der Waals surface area contributed by atoms with Crippen molar-refractivity contribution >= 4 is 23.3 Å². The average Bonchev–Trinajstić information content (AvgIpc) is 3.65. The van der Waals surface area contributed by atoms with Gasteiger partial charge in [-0.3, -0.25) is 4.79 Å². The molecule has 1 aromatic heterocycles. The Morgan fingerprint density at radius 1 is 1.15 bits per heavy atom. The molecule has 1 atom stereocenters. The van der Waals surface area contributed by atoms with Gasteiger partial charge in [0.05, 0.1) is 11.7 Å². The van der Waals surface area contributed by atoms with Gasteiger partial charge in [-0.15, -0.1) is 10.2 Å². The lowest BCUT2D eigenvalue weighted by Crippen LogP contribution is -2.39. The van der Waals surface area contributed by atoms with Crippen LogP contribution in [0.15, 0.2) is 36.4 Å². The molecular formula is C29H31N5O4S. The van der Waals surface area contributed by atoms with Gasteiger partial charge >= 0.3 is 6.09 Å². The number of rotatable bonds is 7. The molecule has 1 fully saturated rings. The van der Waals surface area contributed by atoms with Crippen molar-refractivity contribution in [3.63, 3.8) is 0 Å². The van der Waals surface area contributed by atoms with Crippen molar-refractivity contribution in [2.24, 2.45) is 0 Å². The van der Waals surface area contributed by atoms with E-state index < -0.39 is 12.2 Å². The lowest BCUT2D eigenvalue weighted by atomic mass is 9.86. The van der Waals surface area contributed by atoms with Crippen LogP contribution >= 0.6 is 11.3 Å². The zero-order valence-electron chi connectivity index (χ0n) is 22.1. The summed E-state index contributed by atoms with van der Waals surface area (Å²) in [7, 11) is 0. The third-order valence-electron chi connectivity index (χ3n) is 6.91. The average molecular weight is 546 g/mol. The van der Waals surface area contributed by atoms with E-state index >= 15 is 0 Å². The van der Waals surface area contributed by atoms with E-state index in [4.69, 9.17) is 9.47 Å². The van der Waals surface area contributed by atoms with Crippen molar-refractivity contribution in [2.45, 2.75) is 58.2 Å². The lowest BCUT2D eigenvalue weighted by Gasteiger charge is -2.27. The lowest BCUT2D eigenvalue weighted by molar-refractivity contribution is -0.129. The molecule has 0 radical (unpaired) electrons. The fourth-order valence-corrected chi connectivity index (χ4v) is 5.97. The van der Waals surface area contributed by atoms with Gasteiger partial charge in [0.1, 0.15) is 34.5 Å². The summed E-state index contributed by atoms with van der Waals surface area (Å²) in [5.74, 6) is 0.473. The maximum atomic E-state index is 12.5. The zero-order valence-corrected chi connectivity index (χ0v) is 22.9. The summed E-state index contributed by atoms with van der Waals surface area (Å²) >= 11 is 1.45. The number of nitriles is 1. The number of ether oxygens (including phenoxy) is 2. The third-order valence-corrected chi connectivity index (χ3v) is 7.91. The Labute approximate surface area is 231 Å². The van der Waals surface area contributed by atoms with E-state index in [1.54, 1.807) is 17.0 Å². The number of hydrogen-bond acceptors (Lipinski definition) is 8. The van der Waals surface area contributed by atoms with Crippen LogP contribution in [0.5, 0.6) is 5.75 Å². The monoisotopic (exact) mass is 545 g/mol. The predicted octanol–water partition coefficient (Wildman–Crippen LogP) is 5.26. The highest BCUT2D eigenvalue weighted by Crippen LogP contribution is 2.40. The molecule has 1 saturated heterocycles. The zero-order chi connectivity index (χ0) is 27.4. The minimum Gasteiger partial charge on any atom is -0.490 e. The van der Waals surface area contributed by atoms with Crippen LogP contribution in [0.2, 0.25) is 0 Å². The van der Waals surface area contributed by atoms with Crippen LogP contribution < -0.4 is 10.1 Å². The molecule has 9 nitrogen and oxygen atoms in total. The van der Waals surface area contributed by atoms with E-state index in [0.717, 1.165) is 66.0 Å². The molecule has 0 saturated carbocycles. The second-order valence-electron chi connectivity index (χ2n) is 10.0. The van der Waals surface area contributed by atoms with Crippen LogP contribution in [0.4, 0.5) is 4.79 Å². The summed E-state index contributed by atoms with van der Waals surface area (Å²) in [4.78, 5) is 26.6. The first-order chi connectivity index (χ1) is 18.9. The number of benzene rings is 2. The molecule has 10 heteroatoms. The number of fused-ring (bicyclic) bond motifs is 1. The van der Waals surface area contributed by atoms with Gasteiger partial charge in [0.15, 0.2) is 0 Å². The predicted molar refractivity (Wildman–Crippen MR) is 147 cm³/mol. The van der Waals surface area contributed by atoms with Crippen molar-refractivity contribution in [3.05, 3.63) is 53.1 Å². The molecule has 2 aliphatic rings. The number of likely N-dealkylation sites (tertiary alicyclic amines) is 1. The number of carbonyl (C=O) groups excluding carboxylic acids is 2. The molecular weight excluding hydrogens is 514 g/mol. The minimum atomic E-state index is -0.581. The number of carbonyl (C=O) groups is 2. The first-order valence-electron chi connectivity index (χ1n) is 13.3. The Morgan fingerprint density at radius 3 is 2.72 bits per heavy atom. The van der Waals surface area contributed by atoms with E-state index in [1.807, 2.05) is 38.1 Å². The highest BCUT2D eigenvalue weighted by atomic mass is 32.1. The number of hydrogen-bond donors (Lipinski definition) is 1. The van der Waals surface area contributed by atoms with E-state index in [-0.39, 0.29) is 18.6 Å². The SMILES string of the molecule is CC(C)Oc1ccc(-c2nnc(-c3cccc4c3CCCC4OC(=O)NCC(=O)N3CCCC3)s2)cc1C#N. The van der Waals surface area contributed by atoms with E-state index in [9.17, 15) is 14.9 Å². The molecule has 1 unspecified atom stereocenters. The normalized spacial score (nSPS) is 16.5. The summed E-state index contributed by atoms with van der Waals surface area (Å²) in [6.07, 6.45) is 3.43. The standard InChI is InChI=1S/C29H31N5O4S/c1-18(2)37-24-12-11-19(15-20(24)16-30)27-32-33-28(39-27)23-9-5-8-22-21(23)7-6-10-25(22)38-29(36)31-17-26(35)34-13-3-4-14-34/h5,8-9,11-12,15,18,25H,3-4,6-7,10,13-14,17H2,1-2H3,(H,31,36). The van der Waals surface area contributed by atoms with Gasteiger partial charge in [0.25, 0.3) is 0 Å². The van der Waals surface area contributed by atoms with Crippen LogP contribution in [0.1, 0.15) is 62.3 Å². The largest absolute Gasteiger partial charge is 0.490 e. The maximum absolute atomic E-state index is 12.5. The van der Waals surface area contributed by atoms with E-state index in [2.05, 4.69) is 21.6 Å². The number of alkyl carbamates (subject to hydrolysis) is 1. The van der Waals surface area contributed by atoms with Gasteiger partial charge in [-0.2, -0.15) is 5.26 Å². The molecule has 0 spiro atoms. The second-order valence-corrected chi connectivity index (χ2v) is 11.0. The summed E-state index contributed by atoms with van der Waals surface area (Å²) in [5, 5.41) is 22.6. The first-order valence-corrected chi connectivity index (χ1v) is 14.1. The van der Waals surface area contributed by atoms with E-state index in [1.165, 1.54) is 11.3 Å². The Hall–Kier alpha value is -3.97. The van der Waals surface area contributed by atoms with Gasteiger partial charge in [-0.05, 0) is 75.3 Å². The van der Waals surface area contributed by atoms with Crippen LogP contribution in [0.3, 0.4) is 0 Å². The summed E-state index contributed by atoms with van der Waals surface area (Å²) in [5.41, 5.74) is 4.27. The molecule has 1 aliphatic carbocycles. The fraction of sp³-hybridized carbons (Fsp3) is 0.414. The minimum absolute atomic E-state index is 0.0309. The van der Waals surface area contributed by atoms with Crippen molar-refractivity contribution in [3.8, 4) is 33.0 Å². The number of aromatic nitrogens is 2. The Balaban J connectivity index is 1.31. The van der Waals surface area contributed by atoms with Crippen LogP contribution in [-0.4, -0.2) is 52.8 Å². The molecule has 2 aromatic carbocycles. The van der Waals surface area contributed by atoms with Gasteiger partial charge in [-0.25, -0.2) is 4.79 Å². The molecule has 202 valence electrons. The molecule has 2 heterocycles. The molecule has 1 N–H and O–H groups in total. The quantitative estimate of drug-likeness (QED) is 0.430. The molecule has 2 amide bonds. The van der Waals surface area contributed by atoms with Crippen LogP contribution in [0, 0.1) is 11.3 Å². The molecule has 1 aliphatic heterocycles. The van der Waals surface area contributed by atoms with Crippen molar-refractivity contribution in [1.82, 2.24) is 20.4 Å². The topological polar surface area (TPSA) is 117 Å². The second kappa shape index (κ2) is 11.8. The van der Waals surface area contributed by atoms with Crippen molar-refractivity contribution < 1.29 is 19.1 Å². The van der Waals surface area contributed by atoms with Crippen molar-refractivity contribution in [2.75, 3.05) is 19.6 Å². The van der Waals surface area contributed by atoms with Gasteiger partial charge < -0.3 is 19.7 Å². The maximum Gasteiger partial charge on any atom is 0.408 e. The molecule has 5 rings (SSSR count). The number of nitrogens with one attached hydrogen (secondary N) is 1. The van der Waals surface area contributed by atoms with Gasteiger partial charge in [0, 0.05) is 24.2 Å².